The zero-order chi connectivity index (χ0) is 39.2. The molecule has 0 fully saturated rings. The van der Waals surface area contributed by atoms with Crippen LogP contribution in [0.5, 0.6) is 0 Å². The molecule has 276 valence electrons. The lowest BCUT2D eigenvalue weighted by atomic mass is 9.81. The quantitative estimate of drug-likeness (QED) is 0.175. The van der Waals surface area contributed by atoms with E-state index in [1.165, 1.54) is 77.5 Å². The summed E-state index contributed by atoms with van der Waals surface area (Å²) in [7, 11) is 0. The normalized spacial score (nSPS) is 14.1. The van der Waals surface area contributed by atoms with Crippen LogP contribution in [0.2, 0.25) is 0 Å². The van der Waals surface area contributed by atoms with Gasteiger partial charge in [0.05, 0.1) is 11.4 Å². The van der Waals surface area contributed by atoms with E-state index in [0.717, 1.165) is 28.1 Å². The van der Waals surface area contributed by atoms with E-state index < -0.39 is 0 Å². The molecule has 58 heavy (non-hydrogen) atoms. The van der Waals surface area contributed by atoms with Gasteiger partial charge in [-0.2, -0.15) is 0 Å². The molecule has 0 N–H and O–H groups in total. The standard InChI is InChI=1S/C56H42N2/c1-55(2)47-22-11-10-20-44(47)45-29-28-41(33-49(45)55)38-18-12-19-42(30-38)52-34-51(57-54(58-52)37-14-6-5-7-15-37)36-26-24-35(25-27-36)43-21-13-23-48-53(43)46-31-39-16-8-9-17-40(39)32-50(46)56(48,3)4/h5-34H,1-4H3. The monoisotopic (exact) mass is 742 g/mol. The van der Waals surface area contributed by atoms with Gasteiger partial charge in [-0.05, 0) is 108 Å². The fraction of sp³-hybridized carbons (Fsp3) is 0.107. The molecule has 0 saturated heterocycles. The molecule has 11 rings (SSSR count). The van der Waals surface area contributed by atoms with Gasteiger partial charge in [-0.15, -0.1) is 0 Å². The van der Waals surface area contributed by atoms with E-state index in [1.54, 1.807) is 0 Å². The van der Waals surface area contributed by atoms with E-state index in [0.29, 0.717) is 5.82 Å². The van der Waals surface area contributed by atoms with Gasteiger partial charge >= 0.3 is 0 Å². The lowest BCUT2D eigenvalue weighted by Crippen LogP contribution is -2.14. The van der Waals surface area contributed by atoms with Crippen molar-refractivity contribution in [2.75, 3.05) is 0 Å². The van der Waals surface area contributed by atoms with Crippen LogP contribution in [0.25, 0.3) is 89.2 Å². The minimum Gasteiger partial charge on any atom is -0.228 e. The van der Waals surface area contributed by atoms with Crippen molar-refractivity contribution in [2.24, 2.45) is 0 Å². The molecule has 1 aromatic heterocycles. The first-order valence-corrected chi connectivity index (χ1v) is 20.3. The smallest absolute Gasteiger partial charge is 0.160 e. The zero-order valence-electron chi connectivity index (χ0n) is 33.2. The average molecular weight is 743 g/mol. The Kier molecular flexibility index (Phi) is 7.59. The van der Waals surface area contributed by atoms with Crippen LogP contribution in [0.1, 0.15) is 49.9 Å². The molecule has 9 aromatic rings. The highest BCUT2D eigenvalue weighted by Crippen LogP contribution is 2.53. The lowest BCUT2D eigenvalue weighted by Gasteiger charge is -2.22. The topological polar surface area (TPSA) is 25.8 Å². The molecule has 0 spiro atoms. The van der Waals surface area contributed by atoms with E-state index >= 15 is 0 Å². The van der Waals surface area contributed by atoms with Crippen molar-refractivity contribution in [3.63, 3.8) is 0 Å². The third-order valence-corrected chi connectivity index (χ3v) is 12.9. The molecule has 0 atom stereocenters. The van der Waals surface area contributed by atoms with Gasteiger partial charge in [0.2, 0.25) is 0 Å². The summed E-state index contributed by atoms with van der Waals surface area (Å²) in [5.41, 5.74) is 20.5. The van der Waals surface area contributed by atoms with E-state index in [4.69, 9.17) is 9.97 Å². The maximum absolute atomic E-state index is 5.19. The van der Waals surface area contributed by atoms with Gasteiger partial charge in [0.25, 0.3) is 0 Å². The lowest BCUT2D eigenvalue weighted by molar-refractivity contribution is 0.660. The Bertz CT molecular complexity index is 3100. The van der Waals surface area contributed by atoms with Gasteiger partial charge in [-0.3, -0.25) is 0 Å². The predicted molar refractivity (Wildman–Crippen MR) is 242 cm³/mol. The van der Waals surface area contributed by atoms with Crippen LogP contribution in [-0.2, 0) is 10.8 Å². The van der Waals surface area contributed by atoms with Crippen molar-refractivity contribution in [1.82, 2.24) is 9.97 Å². The second kappa shape index (κ2) is 12.8. The fourth-order valence-corrected chi connectivity index (χ4v) is 9.74. The number of benzene rings is 8. The zero-order valence-corrected chi connectivity index (χ0v) is 33.2. The number of nitrogens with zero attached hydrogens (tertiary/aromatic N) is 2. The summed E-state index contributed by atoms with van der Waals surface area (Å²) in [5.74, 6) is 0.714. The Morgan fingerprint density at radius 3 is 1.66 bits per heavy atom. The fourth-order valence-electron chi connectivity index (χ4n) is 9.74. The first-order chi connectivity index (χ1) is 28.2. The van der Waals surface area contributed by atoms with Crippen molar-refractivity contribution < 1.29 is 0 Å². The Morgan fingerprint density at radius 2 is 0.845 bits per heavy atom. The molecular weight excluding hydrogens is 701 g/mol. The predicted octanol–water partition coefficient (Wildman–Crippen LogP) is 14.6. The molecule has 0 amide bonds. The minimum absolute atomic E-state index is 0.0578. The summed E-state index contributed by atoms with van der Waals surface area (Å²) in [6.07, 6.45) is 0. The second-order valence-electron chi connectivity index (χ2n) is 17.0. The highest BCUT2D eigenvalue weighted by Gasteiger charge is 2.37. The number of rotatable bonds is 5. The first-order valence-electron chi connectivity index (χ1n) is 20.3. The molecule has 0 unspecified atom stereocenters. The van der Waals surface area contributed by atoms with Gasteiger partial charge in [-0.25, -0.2) is 9.97 Å². The number of hydrogen-bond donors (Lipinski definition) is 0. The summed E-state index contributed by atoms with van der Waals surface area (Å²) < 4.78 is 0. The average Bonchev–Trinajstić information content (AvgIpc) is 3.64. The maximum atomic E-state index is 5.19. The molecule has 0 radical (unpaired) electrons. The van der Waals surface area contributed by atoms with Crippen LogP contribution in [0.3, 0.4) is 0 Å². The minimum atomic E-state index is -0.0872. The van der Waals surface area contributed by atoms with E-state index in [2.05, 4.69) is 204 Å². The SMILES string of the molecule is CC1(C)c2ccccc2-c2ccc(-c3cccc(-c4cc(-c5ccc(-c6cccc7c6-c6cc8ccccc8cc6C7(C)C)cc5)nc(-c5ccccc5)n4)c3)cc21. The van der Waals surface area contributed by atoms with Crippen LogP contribution in [0, 0.1) is 0 Å². The van der Waals surface area contributed by atoms with Crippen LogP contribution in [0.4, 0.5) is 0 Å². The van der Waals surface area contributed by atoms with Crippen molar-refractivity contribution in [3.8, 4) is 78.4 Å². The summed E-state index contributed by atoms with van der Waals surface area (Å²) in [5, 5.41) is 2.56. The molecule has 2 aliphatic rings. The molecule has 0 aliphatic heterocycles. The molecule has 2 aliphatic carbocycles. The Labute approximate surface area is 340 Å². The Balaban J connectivity index is 0.986. The van der Waals surface area contributed by atoms with E-state index in [-0.39, 0.29) is 10.8 Å². The number of hydrogen-bond acceptors (Lipinski definition) is 2. The van der Waals surface area contributed by atoms with Crippen molar-refractivity contribution in [2.45, 2.75) is 38.5 Å². The van der Waals surface area contributed by atoms with Gasteiger partial charge in [0.1, 0.15) is 0 Å². The molecule has 1 heterocycles. The highest BCUT2D eigenvalue weighted by atomic mass is 14.9. The van der Waals surface area contributed by atoms with Gasteiger partial charge in [-0.1, -0.05) is 179 Å². The van der Waals surface area contributed by atoms with Gasteiger partial charge in [0, 0.05) is 27.5 Å². The summed E-state index contributed by atoms with van der Waals surface area (Å²) in [6, 6.07) is 66.3. The van der Waals surface area contributed by atoms with E-state index in [1.807, 2.05) is 6.07 Å². The number of fused-ring (bicyclic) bond motifs is 7. The van der Waals surface area contributed by atoms with Crippen LogP contribution >= 0.6 is 0 Å². The van der Waals surface area contributed by atoms with E-state index in [9.17, 15) is 0 Å². The Hall–Kier alpha value is -6.90. The number of aromatic nitrogens is 2. The van der Waals surface area contributed by atoms with Crippen molar-refractivity contribution in [1.29, 1.82) is 0 Å². The molecule has 0 bridgehead atoms. The van der Waals surface area contributed by atoms with Gasteiger partial charge < -0.3 is 0 Å². The molecule has 2 nitrogen and oxygen atoms in total. The van der Waals surface area contributed by atoms with Crippen molar-refractivity contribution in [3.05, 3.63) is 204 Å². The molecule has 2 heteroatoms. The summed E-state index contributed by atoms with van der Waals surface area (Å²) >= 11 is 0. The van der Waals surface area contributed by atoms with Gasteiger partial charge in [0.15, 0.2) is 5.82 Å². The highest BCUT2D eigenvalue weighted by molar-refractivity contribution is 5.98. The van der Waals surface area contributed by atoms with Crippen molar-refractivity contribution >= 4 is 10.8 Å². The summed E-state index contributed by atoms with van der Waals surface area (Å²) in [6.45, 7) is 9.40. The second-order valence-corrected chi connectivity index (χ2v) is 17.0. The molecule has 0 saturated carbocycles. The van der Waals surface area contributed by atoms with Crippen LogP contribution in [-0.4, -0.2) is 9.97 Å². The largest absolute Gasteiger partial charge is 0.228 e. The third-order valence-electron chi connectivity index (χ3n) is 12.9. The maximum Gasteiger partial charge on any atom is 0.160 e. The van der Waals surface area contributed by atoms with Crippen LogP contribution in [0.15, 0.2) is 182 Å². The summed E-state index contributed by atoms with van der Waals surface area (Å²) in [4.78, 5) is 10.4. The molecule has 8 aromatic carbocycles. The molecular formula is C56H42N2. The van der Waals surface area contributed by atoms with Crippen LogP contribution < -0.4 is 0 Å². The first kappa shape index (κ1) is 34.4. The third kappa shape index (κ3) is 5.32. The Morgan fingerprint density at radius 1 is 0.310 bits per heavy atom.